The molecule has 2 aliphatic rings. The zero-order valence-electron chi connectivity index (χ0n) is 11.2. The maximum atomic E-state index is 12.4. The van der Waals surface area contributed by atoms with Gasteiger partial charge in [0.2, 0.25) is 0 Å². The van der Waals surface area contributed by atoms with E-state index in [4.69, 9.17) is 9.84 Å². The Kier molecular flexibility index (Phi) is 4.97. The third-order valence-corrected chi connectivity index (χ3v) is 3.90. The van der Waals surface area contributed by atoms with Crippen LogP contribution >= 0.6 is 0 Å². The second-order valence-corrected chi connectivity index (χ2v) is 5.32. The first-order valence-corrected chi connectivity index (χ1v) is 6.94. The molecule has 0 aliphatic carbocycles. The summed E-state index contributed by atoms with van der Waals surface area (Å²) in [5, 5.41) is 8.90. The highest BCUT2D eigenvalue weighted by molar-refractivity contribution is 5.81. The fourth-order valence-corrected chi connectivity index (χ4v) is 2.87. The number of hydrogen-bond acceptors (Lipinski definition) is 4. The number of carbonyl (C=O) groups is 1. The predicted octanol–water partition coefficient (Wildman–Crippen LogP) is 0.0805. The Morgan fingerprint density at radius 3 is 3.00 bits per heavy atom. The molecule has 2 fully saturated rings. The molecular weight excluding hydrogens is 232 g/mol. The summed E-state index contributed by atoms with van der Waals surface area (Å²) in [7, 11) is 2.02. The smallest absolute Gasteiger partial charge is 0.253 e. The van der Waals surface area contributed by atoms with E-state index in [0.717, 1.165) is 38.8 Å². The quantitative estimate of drug-likeness (QED) is 0.774. The maximum Gasteiger partial charge on any atom is 0.253 e. The number of likely N-dealkylation sites (tertiary alicyclic amines) is 1. The van der Waals surface area contributed by atoms with Gasteiger partial charge in [-0.25, -0.2) is 0 Å². The monoisotopic (exact) mass is 256 g/mol. The molecule has 2 aliphatic heterocycles. The molecule has 0 aromatic heterocycles. The molecule has 0 saturated carbocycles. The molecule has 0 spiro atoms. The van der Waals surface area contributed by atoms with Crippen molar-refractivity contribution in [3.63, 3.8) is 0 Å². The molecule has 0 bridgehead atoms. The van der Waals surface area contributed by atoms with Crippen molar-refractivity contribution in [3.05, 3.63) is 0 Å². The molecule has 5 nitrogen and oxygen atoms in total. The molecule has 5 heteroatoms. The number of aliphatic hydroxyl groups is 1. The summed E-state index contributed by atoms with van der Waals surface area (Å²) in [6, 6.07) is 0.306. The average Bonchev–Trinajstić information content (AvgIpc) is 2.83. The van der Waals surface area contributed by atoms with Crippen LogP contribution in [-0.2, 0) is 9.53 Å². The van der Waals surface area contributed by atoms with Gasteiger partial charge in [0.1, 0.15) is 6.10 Å². The van der Waals surface area contributed by atoms with Gasteiger partial charge in [0.15, 0.2) is 0 Å². The minimum atomic E-state index is -0.293. The van der Waals surface area contributed by atoms with Gasteiger partial charge in [0, 0.05) is 32.3 Å². The number of rotatable bonds is 4. The van der Waals surface area contributed by atoms with Crippen LogP contribution in [0.4, 0.5) is 0 Å². The Bertz CT molecular complexity index is 285. The van der Waals surface area contributed by atoms with Crippen LogP contribution in [0.1, 0.15) is 25.7 Å². The van der Waals surface area contributed by atoms with E-state index in [0.29, 0.717) is 19.2 Å². The molecule has 0 radical (unpaired) electrons. The van der Waals surface area contributed by atoms with Crippen molar-refractivity contribution in [2.75, 3.05) is 39.9 Å². The summed E-state index contributed by atoms with van der Waals surface area (Å²) in [6.07, 6.45) is 3.53. The van der Waals surface area contributed by atoms with Gasteiger partial charge in [0.05, 0.1) is 6.61 Å². The van der Waals surface area contributed by atoms with Gasteiger partial charge in [-0.2, -0.15) is 0 Å². The summed E-state index contributed by atoms with van der Waals surface area (Å²) >= 11 is 0. The first kappa shape index (κ1) is 13.8. The van der Waals surface area contributed by atoms with Gasteiger partial charge in [0.25, 0.3) is 5.91 Å². The van der Waals surface area contributed by atoms with Crippen LogP contribution in [0.15, 0.2) is 0 Å². The van der Waals surface area contributed by atoms with Crippen LogP contribution in [-0.4, -0.2) is 72.9 Å². The highest BCUT2D eigenvalue weighted by Crippen LogP contribution is 2.23. The SMILES string of the molecule is CN1CCOC(C(=O)N2CCCC2CCCO)C1. The first-order chi connectivity index (χ1) is 8.72. The van der Waals surface area contributed by atoms with Crippen molar-refractivity contribution < 1.29 is 14.6 Å². The summed E-state index contributed by atoms with van der Waals surface area (Å²) in [5.41, 5.74) is 0. The Morgan fingerprint density at radius 1 is 1.44 bits per heavy atom. The van der Waals surface area contributed by atoms with Crippen LogP contribution in [0.3, 0.4) is 0 Å². The number of carbonyl (C=O) groups excluding carboxylic acids is 1. The zero-order valence-corrected chi connectivity index (χ0v) is 11.2. The number of amides is 1. The van der Waals surface area contributed by atoms with Crippen LogP contribution in [0.25, 0.3) is 0 Å². The standard InChI is InChI=1S/C13H24N2O3/c1-14-7-9-18-12(10-14)13(17)15-6-2-4-11(15)5-3-8-16/h11-12,16H,2-10H2,1H3. The van der Waals surface area contributed by atoms with Crippen molar-refractivity contribution >= 4 is 5.91 Å². The Morgan fingerprint density at radius 2 is 2.28 bits per heavy atom. The van der Waals surface area contributed by atoms with Crippen molar-refractivity contribution in [1.29, 1.82) is 0 Å². The average molecular weight is 256 g/mol. The number of nitrogens with zero attached hydrogens (tertiary/aromatic N) is 2. The largest absolute Gasteiger partial charge is 0.396 e. The molecule has 1 amide bonds. The van der Waals surface area contributed by atoms with Crippen LogP contribution < -0.4 is 0 Å². The number of aliphatic hydroxyl groups excluding tert-OH is 1. The van der Waals surface area contributed by atoms with E-state index in [1.807, 2.05) is 11.9 Å². The van der Waals surface area contributed by atoms with Crippen LogP contribution in [0.5, 0.6) is 0 Å². The van der Waals surface area contributed by atoms with E-state index in [-0.39, 0.29) is 18.6 Å². The molecule has 2 saturated heterocycles. The normalized spacial score (nSPS) is 29.8. The summed E-state index contributed by atoms with van der Waals surface area (Å²) < 4.78 is 5.59. The van der Waals surface area contributed by atoms with E-state index in [2.05, 4.69) is 4.90 Å². The van der Waals surface area contributed by atoms with E-state index < -0.39 is 0 Å². The summed E-state index contributed by atoms with van der Waals surface area (Å²) in [5.74, 6) is 0.141. The Balaban J connectivity index is 1.90. The minimum absolute atomic E-state index is 0.141. The zero-order chi connectivity index (χ0) is 13.0. The van der Waals surface area contributed by atoms with Gasteiger partial charge in [-0.1, -0.05) is 0 Å². The van der Waals surface area contributed by atoms with Gasteiger partial charge in [-0.05, 0) is 32.7 Å². The van der Waals surface area contributed by atoms with E-state index in [1.165, 1.54) is 0 Å². The molecule has 0 aromatic carbocycles. The second kappa shape index (κ2) is 6.50. The molecule has 2 rings (SSSR count). The lowest BCUT2D eigenvalue weighted by molar-refractivity contribution is -0.149. The summed E-state index contributed by atoms with van der Waals surface area (Å²) in [4.78, 5) is 16.5. The number of morpholine rings is 1. The first-order valence-electron chi connectivity index (χ1n) is 6.94. The maximum absolute atomic E-state index is 12.4. The molecule has 18 heavy (non-hydrogen) atoms. The van der Waals surface area contributed by atoms with Crippen molar-refractivity contribution in [1.82, 2.24) is 9.80 Å². The third-order valence-electron chi connectivity index (χ3n) is 3.90. The Labute approximate surface area is 109 Å². The van der Waals surface area contributed by atoms with Crippen molar-refractivity contribution in [2.24, 2.45) is 0 Å². The van der Waals surface area contributed by atoms with Crippen LogP contribution in [0, 0.1) is 0 Å². The highest BCUT2D eigenvalue weighted by Gasteiger charge is 2.34. The number of likely N-dealkylation sites (N-methyl/N-ethyl adjacent to an activating group) is 1. The lowest BCUT2D eigenvalue weighted by atomic mass is 10.1. The van der Waals surface area contributed by atoms with Crippen LogP contribution in [0.2, 0.25) is 0 Å². The molecular formula is C13H24N2O3. The van der Waals surface area contributed by atoms with Gasteiger partial charge in [-0.15, -0.1) is 0 Å². The lowest BCUT2D eigenvalue weighted by Gasteiger charge is -2.34. The van der Waals surface area contributed by atoms with E-state index in [9.17, 15) is 4.79 Å². The Hall–Kier alpha value is -0.650. The van der Waals surface area contributed by atoms with Gasteiger partial charge >= 0.3 is 0 Å². The number of ether oxygens (including phenoxy) is 1. The molecule has 2 atom stereocenters. The molecule has 104 valence electrons. The molecule has 2 heterocycles. The van der Waals surface area contributed by atoms with Gasteiger partial charge in [-0.3, -0.25) is 4.79 Å². The van der Waals surface area contributed by atoms with E-state index in [1.54, 1.807) is 0 Å². The summed E-state index contributed by atoms with van der Waals surface area (Å²) in [6.45, 7) is 3.29. The minimum Gasteiger partial charge on any atom is -0.396 e. The highest BCUT2D eigenvalue weighted by atomic mass is 16.5. The fraction of sp³-hybridized carbons (Fsp3) is 0.923. The van der Waals surface area contributed by atoms with E-state index >= 15 is 0 Å². The fourth-order valence-electron chi connectivity index (χ4n) is 2.87. The van der Waals surface area contributed by atoms with Gasteiger partial charge < -0.3 is 19.6 Å². The van der Waals surface area contributed by atoms with Crippen molar-refractivity contribution in [2.45, 2.75) is 37.8 Å². The lowest BCUT2D eigenvalue weighted by Crippen LogP contribution is -2.51. The topological polar surface area (TPSA) is 53.0 Å². The molecule has 1 N–H and O–H groups in total. The molecule has 2 unspecified atom stereocenters. The van der Waals surface area contributed by atoms with Crippen molar-refractivity contribution in [3.8, 4) is 0 Å². The third kappa shape index (κ3) is 3.22. The predicted molar refractivity (Wildman–Crippen MR) is 68.3 cm³/mol. The second-order valence-electron chi connectivity index (χ2n) is 5.32. The molecule has 0 aromatic rings. The number of hydrogen-bond donors (Lipinski definition) is 1.